The van der Waals surface area contributed by atoms with Crippen molar-refractivity contribution in [1.29, 1.82) is 0 Å². The quantitative estimate of drug-likeness (QED) is 0.749. The molecule has 0 saturated heterocycles. The molecule has 0 radical (unpaired) electrons. The molecular weight excluding hydrogens is 304 g/mol. The second-order valence-corrected chi connectivity index (χ2v) is 6.21. The van der Waals surface area contributed by atoms with Crippen molar-refractivity contribution in [3.63, 3.8) is 0 Å². The van der Waals surface area contributed by atoms with Crippen LogP contribution in [0.2, 0.25) is 0 Å². The molecule has 0 aliphatic heterocycles. The highest BCUT2D eigenvalue weighted by Crippen LogP contribution is 2.27. The van der Waals surface area contributed by atoms with Gasteiger partial charge in [0.25, 0.3) is 0 Å². The highest BCUT2D eigenvalue weighted by atomic mass is 32.1. The fourth-order valence-corrected chi connectivity index (χ4v) is 2.84. The van der Waals surface area contributed by atoms with E-state index >= 15 is 0 Å². The van der Waals surface area contributed by atoms with Gasteiger partial charge < -0.3 is 15.7 Å². The lowest BCUT2D eigenvalue weighted by molar-refractivity contribution is -0.141. The first-order valence-corrected chi connectivity index (χ1v) is 7.74. The Hall–Kier alpha value is -2.22. The van der Waals surface area contributed by atoms with E-state index in [2.05, 4.69) is 20.6 Å². The molecule has 0 aromatic carbocycles. The first-order valence-electron chi connectivity index (χ1n) is 6.93. The van der Waals surface area contributed by atoms with Gasteiger partial charge in [0.1, 0.15) is 29.1 Å². The Morgan fingerprint density at radius 1 is 1.41 bits per heavy atom. The maximum Gasteiger partial charge on any atom is 0.326 e. The van der Waals surface area contributed by atoms with Gasteiger partial charge in [-0.1, -0.05) is 6.92 Å². The number of rotatable bonds is 6. The number of carbonyl (C=O) groups is 2. The standard InChI is InChI=1S/C14H18N4O3S/c1-4-10(14(20)21)18-12(19)8(3)17-11-9-5-7(2)22-13(9)16-6-15-11/h5-6,8,10H,4H2,1-3H3,(H,18,19)(H,20,21)(H,15,16,17). The Balaban J connectivity index is 2.11. The normalized spacial score (nSPS) is 13.6. The molecule has 8 heteroatoms. The number of hydrogen-bond acceptors (Lipinski definition) is 6. The molecule has 2 unspecified atom stereocenters. The monoisotopic (exact) mass is 322 g/mol. The minimum absolute atomic E-state index is 0.329. The van der Waals surface area contributed by atoms with Gasteiger partial charge in [0.2, 0.25) is 5.91 Å². The molecule has 2 rings (SSSR count). The van der Waals surface area contributed by atoms with E-state index in [1.807, 2.05) is 13.0 Å². The van der Waals surface area contributed by atoms with Crippen LogP contribution in [-0.2, 0) is 9.59 Å². The lowest BCUT2D eigenvalue weighted by atomic mass is 10.2. The summed E-state index contributed by atoms with van der Waals surface area (Å²) in [5.41, 5.74) is 0. The number of amides is 1. The zero-order chi connectivity index (χ0) is 16.3. The number of aromatic nitrogens is 2. The summed E-state index contributed by atoms with van der Waals surface area (Å²) in [5.74, 6) is -0.853. The molecule has 0 aliphatic rings. The molecule has 0 bridgehead atoms. The number of aliphatic carboxylic acids is 1. The van der Waals surface area contributed by atoms with Crippen molar-refractivity contribution in [3.8, 4) is 0 Å². The topological polar surface area (TPSA) is 104 Å². The molecule has 118 valence electrons. The summed E-state index contributed by atoms with van der Waals surface area (Å²) in [4.78, 5) is 33.4. The second-order valence-electron chi connectivity index (χ2n) is 4.97. The van der Waals surface area contributed by atoms with E-state index in [0.29, 0.717) is 12.2 Å². The van der Waals surface area contributed by atoms with Crippen LogP contribution in [0, 0.1) is 6.92 Å². The molecular formula is C14H18N4O3S. The predicted molar refractivity (Wildman–Crippen MR) is 85.1 cm³/mol. The van der Waals surface area contributed by atoms with Gasteiger partial charge in [0.05, 0.1) is 5.39 Å². The van der Waals surface area contributed by atoms with Gasteiger partial charge in [0, 0.05) is 4.88 Å². The number of thiophene rings is 1. The molecule has 1 amide bonds. The zero-order valence-corrected chi connectivity index (χ0v) is 13.4. The largest absolute Gasteiger partial charge is 0.480 e. The molecule has 7 nitrogen and oxygen atoms in total. The van der Waals surface area contributed by atoms with Crippen LogP contribution in [0.15, 0.2) is 12.4 Å². The van der Waals surface area contributed by atoms with Crippen LogP contribution in [0.1, 0.15) is 25.1 Å². The molecule has 2 heterocycles. The van der Waals surface area contributed by atoms with Crippen molar-refractivity contribution in [2.24, 2.45) is 0 Å². The number of anilines is 1. The van der Waals surface area contributed by atoms with E-state index < -0.39 is 18.1 Å². The summed E-state index contributed by atoms with van der Waals surface area (Å²) in [6.45, 7) is 5.35. The van der Waals surface area contributed by atoms with Crippen LogP contribution >= 0.6 is 11.3 Å². The van der Waals surface area contributed by atoms with Gasteiger partial charge in [-0.3, -0.25) is 4.79 Å². The number of nitrogens with one attached hydrogen (secondary N) is 2. The average Bonchev–Trinajstić information content (AvgIpc) is 2.85. The molecule has 22 heavy (non-hydrogen) atoms. The number of nitrogens with zero attached hydrogens (tertiary/aromatic N) is 2. The van der Waals surface area contributed by atoms with Crippen molar-refractivity contribution in [2.45, 2.75) is 39.3 Å². The van der Waals surface area contributed by atoms with E-state index in [1.165, 1.54) is 6.33 Å². The highest BCUT2D eigenvalue weighted by molar-refractivity contribution is 7.18. The Kier molecular flexibility index (Phi) is 4.92. The van der Waals surface area contributed by atoms with E-state index in [0.717, 1.165) is 15.1 Å². The lowest BCUT2D eigenvalue weighted by Crippen LogP contribution is -2.46. The second kappa shape index (κ2) is 6.69. The smallest absolute Gasteiger partial charge is 0.326 e. The fraction of sp³-hybridized carbons (Fsp3) is 0.429. The van der Waals surface area contributed by atoms with Gasteiger partial charge in [0.15, 0.2) is 0 Å². The third-order valence-electron chi connectivity index (χ3n) is 3.22. The summed E-state index contributed by atoms with van der Waals surface area (Å²) in [5, 5.41) is 15.4. The Bertz CT molecular complexity index is 700. The van der Waals surface area contributed by atoms with Gasteiger partial charge >= 0.3 is 5.97 Å². The summed E-state index contributed by atoms with van der Waals surface area (Å²) in [6, 6.07) is 0.469. The van der Waals surface area contributed by atoms with Crippen LogP contribution < -0.4 is 10.6 Å². The summed E-state index contributed by atoms with van der Waals surface area (Å²) >= 11 is 1.55. The molecule has 2 aromatic heterocycles. The van der Waals surface area contributed by atoms with Gasteiger partial charge in [-0.25, -0.2) is 14.8 Å². The van der Waals surface area contributed by atoms with Crippen molar-refractivity contribution >= 4 is 39.2 Å². The number of fused-ring (bicyclic) bond motifs is 1. The first kappa shape index (κ1) is 16.2. The summed E-state index contributed by atoms with van der Waals surface area (Å²) in [7, 11) is 0. The first-order chi connectivity index (χ1) is 10.4. The average molecular weight is 322 g/mol. The minimum atomic E-state index is -1.04. The highest BCUT2D eigenvalue weighted by Gasteiger charge is 2.22. The van der Waals surface area contributed by atoms with Crippen LogP contribution in [0.3, 0.4) is 0 Å². The van der Waals surface area contributed by atoms with E-state index in [-0.39, 0.29) is 5.91 Å². The van der Waals surface area contributed by atoms with Crippen molar-refractivity contribution in [3.05, 3.63) is 17.3 Å². The zero-order valence-electron chi connectivity index (χ0n) is 12.6. The van der Waals surface area contributed by atoms with Crippen molar-refractivity contribution < 1.29 is 14.7 Å². The number of hydrogen-bond donors (Lipinski definition) is 3. The molecule has 0 saturated carbocycles. The number of carboxylic acid groups (broad SMARTS) is 1. The number of carbonyl (C=O) groups excluding carboxylic acids is 1. The Labute approximate surface area is 131 Å². The summed E-state index contributed by atoms with van der Waals surface area (Å²) < 4.78 is 0. The number of carboxylic acids is 1. The lowest BCUT2D eigenvalue weighted by Gasteiger charge is -2.18. The van der Waals surface area contributed by atoms with Gasteiger partial charge in [-0.2, -0.15) is 0 Å². The molecule has 2 atom stereocenters. The molecule has 3 N–H and O–H groups in total. The maximum absolute atomic E-state index is 12.1. The fourth-order valence-electron chi connectivity index (χ4n) is 2.00. The molecule has 0 fully saturated rings. The van der Waals surface area contributed by atoms with E-state index in [9.17, 15) is 9.59 Å². The Morgan fingerprint density at radius 2 is 2.14 bits per heavy atom. The maximum atomic E-state index is 12.1. The van der Waals surface area contributed by atoms with E-state index in [1.54, 1.807) is 25.2 Å². The third-order valence-corrected chi connectivity index (χ3v) is 4.18. The SMILES string of the molecule is CCC(NC(=O)C(C)Nc1ncnc2sc(C)cc12)C(=O)O. The van der Waals surface area contributed by atoms with Gasteiger partial charge in [-0.15, -0.1) is 11.3 Å². The van der Waals surface area contributed by atoms with Crippen LogP contribution in [0.5, 0.6) is 0 Å². The van der Waals surface area contributed by atoms with Gasteiger partial charge in [-0.05, 0) is 26.3 Å². The molecule has 0 aliphatic carbocycles. The summed E-state index contributed by atoms with van der Waals surface area (Å²) in [6.07, 6.45) is 1.77. The van der Waals surface area contributed by atoms with E-state index in [4.69, 9.17) is 5.11 Å². The third kappa shape index (κ3) is 3.51. The minimum Gasteiger partial charge on any atom is -0.480 e. The Morgan fingerprint density at radius 3 is 2.77 bits per heavy atom. The number of aryl methyl sites for hydroxylation is 1. The van der Waals surface area contributed by atoms with Crippen LogP contribution in [0.4, 0.5) is 5.82 Å². The van der Waals surface area contributed by atoms with Crippen molar-refractivity contribution in [2.75, 3.05) is 5.32 Å². The molecule has 2 aromatic rings. The van der Waals surface area contributed by atoms with Crippen LogP contribution in [-0.4, -0.2) is 39.0 Å². The van der Waals surface area contributed by atoms with Crippen molar-refractivity contribution in [1.82, 2.24) is 15.3 Å². The van der Waals surface area contributed by atoms with Crippen LogP contribution in [0.25, 0.3) is 10.2 Å². The predicted octanol–water partition coefficient (Wildman–Crippen LogP) is 1.78. The molecule has 0 spiro atoms.